The number of aliphatic hydroxyl groups excluding tert-OH is 2. The molecule has 0 aliphatic carbocycles. The van der Waals surface area contributed by atoms with E-state index in [1.165, 1.54) is 24.3 Å². The third-order valence-corrected chi connectivity index (χ3v) is 4.88. The molecule has 0 amide bonds. The second kappa shape index (κ2) is 8.04. The summed E-state index contributed by atoms with van der Waals surface area (Å²) >= 11 is 0. The van der Waals surface area contributed by atoms with Crippen molar-refractivity contribution in [1.82, 2.24) is 0 Å². The van der Waals surface area contributed by atoms with E-state index >= 15 is 0 Å². The number of ether oxygens (including phenoxy) is 4. The van der Waals surface area contributed by atoms with Crippen molar-refractivity contribution in [3.8, 4) is 11.5 Å². The first-order valence-electron chi connectivity index (χ1n) is 9.00. The molecular weight excluding hydrogens is 368 g/mol. The highest BCUT2D eigenvalue weighted by Crippen LogP contribution is 2.37. The van der Waals surface area contributed by atoms with Crippen LogP contribution < -0.4 is 0 Å². The molecule has 0 bridgehead atoms. The summed E-state index contributed by atoms with van der Waals surface area (Å²) in [6, 6.07) is 12.8. The summed E-state index contributed by atoms with van der Waals surface area (Å²) in [5.41, 5.74) is 1.38. The zero-order chi connectivity index (χ0) is 19.7. The summed E-state index contributed by atoms with van der Waals surface area (Å²) in [4.78, 5) is 0. The Kier molecular flexibility index (Phi) is 5.49. The van der Waals surface area contributed by atoms with Crippen LogP contribution in [0, 0.1) is 0 Å². The Morgan fingerprint density at radius 1 is 0.821 bits per heavy atom. The first kappa shape index (κ1) is 19.1. The molecule has 2 heterocycles. The Morgan fingerprint density at radius 2 is 1.39 bits per heavy atom. The van der Waals surface area contributed by atoms with Gasteiger partial charge in [-0.05, 0) is 24.3 Å². The molecule has 2 unspecified atom stereocenters. The van der Waals surface area contributed by atoms with Gasteiger partial charge in [0, 0.05) is 11.1 Å². The van der Waals surface area contributed by atoms with E-state index in [1.807, 2.05) is 0 Å². The van der Waals surface area contributed by atoms with Crippen molar-refractivity contribution in [3.05, 3.63) is 59.7 Å². The first-order valence-corrected chi connectivity index (χ1v) is 9.00. The highest BCUT2D eigenvalue weighted by Gasteiger charge is 2.46. The van der Waals surface area contributed by atoms with E-state index in [0.717, 1.165) is 5.56 Å². The lowest BCUT2D eigenvalue weighted by Gasteiger charge is -2.24. The van der Waals surface area contributed by atoms with Crippen LogP contribution in [0.5, 0.6) is 11.5 Å². The predicted molar refractivity (Wildman–Crippen MR) is 95.4 cm³/mol. The number of phenolic OH excluding ortho intramolecular Hbond substituents is 2. The van der Waals surface area contributed by atoms with E-state index < -0.39 is 37.0 Å². The van der Waals surface area contributed by atoms with Gasteiger partial charge in [0.05, 0.1) is 13.2 Å². The lowest BCUT2D eigenvalue weighted by molar-refractivity contribution is -0.125. The number of benzene rings is 2. The zero-order valence-electron chi connectivity index (χ0n) is 14.9. The monoisotopic (exact) mass is 390 g/mol. The lowest BCUT2D eigenvalue weighted by atomic mass is 10.0. The van der Waals surface area contributed by atoms with Crippen LogP contribution in [0.2, 0.25) is 0 Å². The highest BCUT2D eigenvalue weighted by atomic mass is 16.8. The molecule has 8 heteroatoms. The summed E-state index contributed by atoms with van der Waals surface area (Å²) in [5.74, 6) is 0.259. The summed E-state index contributed by atoms with van der Waals surface area (Å²) in [7, 11) is 0. The first-order chi connectivity index (χ1) is 13.5. The van der Waals surface area contributed by atoms with Crippen molar-refractivity contribution >= 4 is 0 Å². The largest absolute Gasteiger partial charge is 0.508 e. The van der Waals surface area contributed by atoms with E-state index in [2.05, 4.69) is 0 Å². The minimum atomic E-state index is -1.08. The van der Waals surface area contributed by atoms with E-state index in [9.17, 15) is 20.4 Å². The minimum absolute atomic E-state index is 0.119. The highest BCUT2D eigenvalue weighted by molar-refractivity contribution is 5.28. The van der Waals surface area contributed by atoms with Crippen LogP contribution in [0.15, 0.2) is 48.5 Å². The number of aromatic hydroxyl groups is 2. The SMILES string of the molecule is OC[C@H]1OC(c2ccc(O)cc2)O[C@H]1[C@H](O)[C@@H]1COC(c2ccc(O)cc2)O1. The standard InChI is InChI=1S/C20H22O8/c21-9-15-18(28-20(26-15)12-3-7-14(23)8-4-12)17(24)16-10-25-19(27-16)11-1-5-13(22)6-2-11/h1-8,15-24H,9-10H2/t15-,16+,17-,18-,19?,20?/m1/s1. The van der Waals surface area contributed by atoms with Gasteiger partial charge in [0.15, 0.2) is 12.6 Å². The molecule has 2 aliphatic rings. The van der Waals surface area contributed by atoms with Crippen LogP contribution >= 0.6 is 0 Å². The Bertz CT molecular complexity index is 778. The third-order valence-electron chi connectivity index (χ3n) is 4.88. The average Bonchev–Trinajstić information content (AvgIpc) is 3.36. The summed E-state index contributed by atoms with van der Waals surface area (Å²) < 4.78 is 23.0. The van der Waals surface area contributed by atoms with Gasteiger partial charge in [-0.25, -0.2) is 0 Å². The fraction of sp³-hybridized carbons (Fsp3) is 0.400. The van der Waals surface area contributed by atoms with Crippen LogP contribution in [-0.2, 0) is 18.9 Å². The third kappa shape index (κ3) is 3.83. The molecule has 2 aliphatic heterocycles. The molecule has 2 aromatic carbocycles. The molecule has 150 valence electrons. The van der Waals surface area contributed by atoms with Crippen LogP contribution in [0.25, 0.3) is 0 Å². The van der Waals surface area contributed by atoms with Crippen LogP contribution in [-0.4, -0.2) is 58.1 Å². The molecule has 4 rings (SSSR count). The number of hydrogen-bond acceptors (Lipinski definition) is 8. The second-order valence-corrected chi connectivity index (χ2v) is 6.80. The quantitative estimate of drug-likeness (QED) is 0.604. The van der Waals surface area contributed by atoms with Gasteiger partial charge < -0.3 is 39.4 Å². The molecule has 28 heavy (non-hydrogen) atoms. The number of aliphatic hydroxyl groups is 2. The van der Waals surface area contributed by atoms with Gasteiger partial charge in [0.25, 0.3) is 0 Å². The second-order valence-electron chi connectivity index (χ2n) is 6.80. The Hall–Kier alpha value is -2.20. The Labute approximate surface area is 161 Å². The number of phenols is 2. The van der Waals surface area contributed by atoms with Crippen molar-refractivity contribution in [2.24, 2.45) is 0 Å². The molecule has 0 radical (unpaired) electrons. The number of rotatable bonds is 5. The molecule has 2 aromatic rings. The van der Waals surface area contributed by atoms with E-state index in [-0.39, 0.29) is 24.7 Å². The summed E-state index contributed by atoms with van der Waals surface area (Å²) in [6.45, 7) is -0.181. The van der Waals surface area contributed by atoms with Crippen molar-refractivity contribution in [3.63, 3.8) is 0 Å². The Morgan fingerprint density at radius 3 is 1.96 bits per heavy atom. The van der Waals surface area contributed by atoms with Crippen LogP contribution in [0.3, 0.4) is 0 Å². The normalized spacial score (nSPS) is 31.1. The fourth-order valence-electron chi connectivity index (χ4n) is 3.35. The summed E-state index contributed by atoms with van der Waals surface area (Å²) in [5, 5.41) is 39.2. The fourth-order valence-corrected chi connectivity index (χ4v) is 3.35. The van der Waals surface area contributed by atoms with Crippen molar-refractivity contribution < 1.29 is 39.4 Å². The lowest BCUT2D eigenvalue weighted by Crippen LogP contribution is -2.45. The Balaban J connectivity index is 1.42. The van der Waals surface area contributed by atoms with Gasteiger partial charge >= 0.3 is 0 Å². The van der Waals surface area contributed by atoms with Gasteiger partial charge in [-0.1, -0.05) is 24.3 Å². The molecular formula is C20H22O8. The maximum absolute atomic E-state index is 10.8. The molecule has 0 aromatic heterocycles. The molecule has 6 atom stereocenters. The maximum Gasteiger partial charge on any atom is 0.184 e. The van der Waals surface area contributed by atoms with Crippen molar-refractivity contribution in [2.75, 3.05) is 13.2 Å². The molecule has 8 nitrogen and oxygen atoms in total. The molecule has 0 saturated carbocycles. The van der Waals surface area contributed by atoms with Gasteiger partial charge in [-0.3, -0.25) is 0 Å². The zero-order valence-corrected chi connectivity index (χ0v) is 14.9. The van der Waals surface area contributed by atoms with Gasteiger partial charge in [0.2, 0.25) is 0 Å². The maximum atomic E-state index is 10.8. The van der Waals surface area contributed by atoms with Gasteiger partial charge in [-0.15, -0.1) is 0 Å². The summed E-state index contributed by atoms with van der Waals surface area (Å²) in [6.07, 6.45) is -4.72. The molecule has 2 saturated heterocycles. The van der Waals surface area contributed by atoms with E-state index in [0.29, 0.717) is 5.56 Å². The number of hydrogen-bond donors (Lipinski definition) is 4. The van der Waals surface area contributed by atoms with Crippen molar-refractivity contribution in [1.29, 1.82) is 0 Å². The van der Waals surface area contributed by atoms with Crippen molar-refractivity contribution in [2.45, 2.75) is 37.0 Å². The van der Waals surface area contributed by atoms with E-state index in [4.69, 9.17) is 18.9 Å². The van der Waals surface area contributed by atoms with Gasteiger partial charge in [0.1, 0.15) is 35.9 Å². The predicted octanol–water partition coefficient (Wildman–Crippen LogP) is 1.35. The van der Waals surface area contributed by atoms with Crippen LogP contribution in [0.4, 0.5) is 0 Å². The van der Waals surface area contributed by atoms with Gasteiger partial charge in [-0.2, -0.15) is 0 Å². The topological polar surface area (TPSA) is 118 Å². The minimum Gasteiger partial charge on any atom is -0.508 e. The smallest absolute Gasteiger partial charge is 0.184 e. The molecule has 0 spiro atoms. The molecule has 4 N–H and O–H groups in total. The average molecular weight is 390 g/mol. The van der Waals surface area contributed by atoms with Crippen LogP contribution in [0.1, 0.15) is 23.7 Å². The molecule has 2 fully saturated rings. The van der Waals surface area contributed by atoms with E-state index in [1.54, 1.807) is 24.3 Å².